The lowest BCUT2D eigenvalue weighted by Crippen LogP contribution is -2.05. The first-order valence-corrected chi connectivity index (χ1v) is 5.77. The van der Waals surface area contributed by atoms with E-state index in [9.17, 15) is 0 Å². The molecule has 4 heteroatoms. The minimum absolute atomic E-state index is 0.312. The van der Waals surface area contributed by atoms with Crippen LogP contribution in [0.25, 0.3) is 0 Å². The molecule has 0 atom stereocenters. The van der Waals surface area contributed by atoms with Crippen LogP contribution in [0.15, 0.2) is 6.20 Å². The third-order valence-corrected chi connectivity index (χ3v) is 2.21. The van der Waals surface area contributed by atoms with E-state index in [4.69, 9.17) is 16.3 Å². The summed E-state index contributed by atoms with van der Waals surface area (Å²) in [4.78, 5) is 8.62. The van der Waals surface area contributed by atoms with Crippen molar-refractivity contribution in [2.75, 3.05) is 6.61 Å². The van der Waals surface area contributed by atoms with E-state index < -0.39 is 0 Å². The van der Waals surface area contributed by atoms with Gasteiger partial charge in [-0.3, -0.25) is 0 Å². The third kappa shape index (κ3) is 3.34. The summed E-state index contributed by atoms with van der Waals surface area (Å²) in [6.45, 7) is 6.85. The fourth-order valence-electron chi connectivity index (χ4n) is 1.13. The fraction of sp³-hybridized carbons (Fsp3) is 0.636. The van der Waals surface area contributed by atoms with Gasteiger partial charge in [0.15, 0.2) is 5.75 Å². The normalized spacial score (nSPS) is 10.7. The molecule has 0 aromatic carbocycles. The molecule has 1 aromatic rings. The van der Waals surface area contributed by atoms with Crippen molar-refractivity contribution in [1.82, 2.24) is 9.97 Å². The predicted molar refractivity (Wildman–Crippen MR) is 61.5 cm³/mol. The van der Waals surface area contributed by atoms with Gasteiger partial charge in [-0.2, -0.15) is 0 Å². The summed E-state index contributed by atoms with van der Waals surface area (Å²) in [5, 5.41) is 0. The molecule has 0 aliphatic carbocycles. The van der Waals surface area contributed by atoms with Gasteiger partial charge < -0.3 is 4.74 Å². The average molecular weight is 229 g/mol. The van der Waals surface area contributed by atoms with Gasteiger partial charge >= 0.3 is 0 Å². The summed E-state index contributed by atoms with van der Waals surface area (Å²) in [6.07, 6.45) is 2.68. The van der Waals surface area contributed by atoms with E-state index in [2.05, 4.69) is 30.7 Å². The second kappa shape index (κ2) is 5.91. The Morgan fingerprint density at radius 1 is 1.47 bits per heavy atom. The highest BCUT2D eigenvalue weighted by Gasteiger charge is 2.09. The largest absolute Gasteiger partial charge is 0.490 e. The highest BCUT2D eigenvalue weighted by molar-refractivity contribution is 6.17. The first-order valence-electron chi connectivity index (χ1n) is 5.23. The van der Waals surface area contributed by atoms with Crippen molar-refractivity contribution in [3.05, 3.63) is 17.7 Å². The zero-order valence-electron chi connectivity index (χ0n) is 9.46. The Balaban J connectivity index is 2.88. The second-order valence-electron chi connectivity index (χ2n) is 3.68. The standard InChI is InChI=1S/C11H17ClN2O/c1-4-5-15-10-7-13-11(8(2)3)14-9(10)6-12/h7-8H,4-6H2,1-3H3. The summed E-state index contributed by atoms with van der Waals surface area (Å²) in [7, 11) is 0. The summed E-state index contributed by atoms with van der Waals surface area (Å²) in [6, 6.07) is 0. The number of aromatic nitrogens is 2. The molecule has 0 saturated carbocycles. The van der Waals surface area contributed by atoms with Crippen LogP contribution in [-0.4, -0.2) is 16.6 Å². The highest BCUT2D eigenvalue weighted by atomic mass is 35.5. The number of alkyl halides is 1. The summed E-state index contributed by atoms with van der Waals surface area (Å²) in [5.74, 6) is 2.19. The average Bonchev–Trinajstić information content (AvgIpc) is 2.25. The molecule has 0 unspecified atom stereocenters. The maximum Gasteiger partial charge on any atom is 0.160 e. The van der Waals surface area contributed by atoms with E-state index in [0.29, 0.717) is 24.2 Å². The molecule has 0 aliphatic rings. The van der Waals surface area contributed by atoms with Gasteiger partial charge in [-0.05, 0) is 6.42 Å². The van der Waals surface area contributed by atoms with Crippen LogP contribution in [0.3, 0.4) is 0 Å². The molecule has 84 valence electrons. The van der Waals surface area contributed by atoms with Gasteiger partial charge in [0.2, 0.25) is 0 Å². The van der Waals surface area contributed by atoms with Crippen LogP contribution in [0, 0.1) is 0 Å². The molecule has 0 spiro atoms. The molecule has 0 amide bonds. The fourth-order valence-corrected chi connectivity index (χ4v) is 1.32. The smallest absolute Gasteiger partial charge is 0.160 e. The summed E-state index contributed by atoms with van der Waals surface area (Å²) >= 11 is 5.82. The van der Waals surface area contributed by atoms with Crippen LogP contribution in [0.2, 0.25) is 0 Å². The van der Waals surface area contributed by atoms with Crippen molar-refractivity contribution in [2.45, 2.75) is 39.0 Å². The van der Waals surface area contributed by atoms with Gasteiger partial charge in [0.1, 0.15) is 11.5 Å². The van der Waals surface area contributed by atoms with Crippen LogP contribution in [0.5, 0.6) is 5.75 Å². The van der Waals surface area contributed by atoms with Gasteiger partial charge in [-0.1, -0.05) is 20.8 Å². The van der Waals surface area contributed by atoms with Crippen LogP contribution < -0.4 is 4.74 Å². The van der Waals surface area contributed by atoms with Crippen LogP contribution in [0.1, 0.15) is 44.6 Å². The lowest BCUT2D eigenvalue weighted by molar-refractivity contribution is 0.311. The van der Waals surface area contributed by atoms with Gasteiger partial charge in [0.25, 0.3) is 0 Å². The Labute approximate surface area is 95.8 Å². The number of hydrogen-bond acceptors (Lipinski definition) is 3. The molecule has 0 saturated heterocycles. The number of halogens is 1. The first kappa shape index (κ1) is 12.2. The number of ether oxygens (including phenoxy) is 1. The number of nitrogens with zero attached hydrogens (tertiary/aromatic N) is 2. The summed E-state index contributed by atoms with van der Waals surface area (Å²) < 4.78 is 5.50. The molecule has 1 aromatic heterocycles. The van der Waals surface area contributed by atoms with Crippen molar-refractivity contribution < 1.29 is 4.74 Å². The molecule has 0 N–H and O–H groups in total. The van der Waals surface area contributed by atoms with Crippen molar-refractivity contribution in [3.8, 4) is 5.75 Å². The Kier molecular flexibility index (Phi) is 4.82. The highest BCUT2D eigenvalue weighted by Crippen LogP contribution is 2.20. The van der Waals surface area contributed by atoms with E-state index in [1.807, 2.05) is 0 Å². The number of rotatable bonds is 5. The quantitative estimate of drug-likeness (QED) is 0.727. The van der Waals surface area contributed by atoms with Crippen molar-refractivity contribution in [2.24, 2.45) is 0 Å². The van der Waals surface area contributed by atoms with Crippen LogP contribution >= 0.6 is 11.6 Å². The maximum absolute atomic E-state index is 5.82. The predicted octanol–water partition coefficient (Wildman–Crippen LogP) is 3.13. The lowest BCUT2D eigenvalue weighted by Gasteiger charge is -2.10. The van der Waals surface area contributed by atoms with E-state index in [-0.39, 0.29) is 0 Å². The van der Waals surface area contributed by atoms with Gasteiger partial charge in [-0.25, -0.2) is 9.97 Å². The zero-order valence-corrected chi connectivity index (χ0v) is 10.2. The summed E-state index contributed by atoms with van der Waals surface area (Å²) in [5.41, 5.74) is 0.781. The second-order valence-corrected chi connectivity index (χ2v) is 3.94. The monoisotopic (exact) mass is 228 g/mol. The third-order valence-electron chi connectivity index (χ3n) is 1.95. The van der Waals surface area contributed by atoms with E-state index in [1.54, 1.807) is 6.20 Å². The maximum atomic E-state index is 5.82. The van der Waals surface area contributed by atoms with E-state index >= 15 is 0 Å². The molecule has 1 heterocycles. The SMILES string of the molecule is CCCOc1cnc(C(C)C)nc1CCl. The van der Waals surface area contributed by atoms with Crippen LogP contribution in [-0.2, 0) is 5.88 Å². The van der Waals surface area contributed by atoms with Gasteiger partial charge in [0, 0.05) is 5.92 Å². The van der Waals surface area contributed by atoms with Crippen LogP contribution in [0.4, 0.5) is 0 Å². The molecule has 3 nitrogen and oxygen atoms in total. The van der Waals surface area contributed by atoms with Crippen molar-refractivity contribution in [3.63, 3.8) is 0 Å². The van der Waals surface area contributed by atoms with Gasteiger partial charge in [0.05, 0.1) is 18.7 Å². The molecule has 0 bridgehead atoms. The Hall–Kier alpha value is -0.830. The van der Waals surface area contributed by atoms with Gasteiger partial charge in [-0.15, -0.1) is 11.6 Å². The molecule has 0 fully saturated rings. The minimum atomic E-state index is 0.312. The Morgan fingerprint density at radius 3 is 2.73 bits per heavy atom. The Bertz CT molecular complexity index is 315. The zero-order chi connectivity index (χ0) is 11.3. The number of hydrogen-bond donors (Lipinski definition) is 0. The molecular formula is C11H17ClN2O. The first-order chi connectivity index (χ1) is 7.19. The van der Waals surface area contributed by atoms with Crippen molar-refractivity contribution >= 4 is 11.6 Å². The molecular weight excluding hydrogens is 212 g/mol. The van der Waals surface area contributed by atoms with Crippen molar-refractivity contribution in [1.29, 1.82) is 0 Å². The van der Waals surface area contributed by atoms with E-state index in [0.717, 1.165) is 17.9 Å². The lowest BCUT2D eigenvalue weighted by atomic mass is 10.2. The topological polar surface area (TPSA) is 35.0 Å². The molecule has 15 heavy (non-hydrogen) atoms. The molecule has 0 aliphatic heterocycles. The Morgan fingerprint density at radius 2 is 2.20 bits per heavy atom. The minimum Gasteiger partial charge on any atom is -0.490 e. The van der Waals surface area contributed by atoms with E-state index in [1.165, 1.54) is 0 Å². The molecule has 1 rings (SSSR count). The molecule has 0 radical (unpaired) electrons.